The molecule has 7 nitrogen and oxygen atoms in total. The van der Waals surface area contributed by atoms with Gasteiger partial charge in [-0.25, -0.2) is 4.79 Å². The van der Waals surface area contributed by atoms with Crippen LogP contribution in [0.25, 0.3) is 0 Å². The van der Waals surface area contributed by atoms with E-state index in [2.05, 4.69) is 4.98 Å². The van der Waals surface area contributed by atoms with Crippen LogP contribution in [0.15, 0.2) is 24.4 Å². The first kappa shape index (κ1) is 15.5. The van der Waals surface area contributed by atoms with Gasteiger partial charge in [-0.05, 0) is 25.0 Å². The predicted octanol–water partition coefficient (Wildman–Crippen LogP) is 0.506. The average molecular weight is 317 g/mol. The van der Waals surface area contributed by atoms with E-state index in [0.717, 1.165) is 5.69 Å². The number of aliphatic carboxylic acids is 1. The molecule has 0 aliphatic carbocycles. The number of carboxylic acid groups (broad SMARTS) is 1. The summed E-state index contributed by atoms with van der Waals surface area (Å²) in [4.78, 5) is 43.2. The number of nitrogens with zero attached hydrogens (tertiary/aromatic N) is 3. The third kappa shape index (κ3) is 3.18. The third-order valence-corrected chi connectivity index (χ3v) is 4.46. The molecule has 0 radical (unpaired) electrons. The van der Waals surface area contributed by atoms with Gasteiger partial charge in [0.2, 0.25) is 11.8 Å². The quantitative estimate of drug-likeness (QED) is 0.873. The SMILES string of the molecule is O=C(O)[C@H]1CCCN1C(=O)[C@@H]1CC(=O)N(Cc2ccccn2)C1. The zero-order valence-corrected chi connectivity index (χ0v) is 12.7. The monoisotopic (exact) mass is 317 g/mol. The summed E-state index contributed by atoms with van der Waals surface area (Å²) >= 11 is 0. The average Bonchev–Trinajstić information content (AvgIpc) is 3.15. The number of rotatable bonds is 4. The fourth-order valence-electron chi connectivity index (χ4n) is 3.30. The van der Waals surface area contributed by atoms with Crippen LogP contribution >= 0.6 is 0 Å². The molecule has 3 rings (SSSR count). The minimum atomic E-state index is -0.967. The Hall–Kier alpha value is -2.44. The van der Waals surface area contributed by atoms with E-state index in [1.807, 2.05) is 12.1 Å². The Bertz CT molecular complexity index is 619. The maximum absolute atomic E-state index is 12.6. The Morgan fingerprint density at radius 1 is 1.35 bits per heavy atom. The van der Waals surface area contributed by atoms with Crippen molar-refractivity contribution < 1.29 is 19.5 Å². The Labute approximate surface area is 133 Å². The number of hydrogen-bond donors (Lipinski definition) is 1. The van der Waals surface area contributed by atoms with Gasteiger partial charge in [0.15, 0.2) is 0 Å². The molecule has 2 aliphatic rings. The minimum Gasteiger partial charge on any atom is -0.480 e. The molecule has 122 valence electrons. The first-order chi connectivity index (χ1) is 11.1. The van der Waals surface area contributed by atoms with Crippen LogP contribution in [0, 0.1) is 5.92 Å². The molecule has 3 heterocycles. The molecule has 1 aromatic heterocycles. The lowest BCUT2D eigenvalue weighted by Crippen LogP contribution is -2.44. The summed E-state index contributed by atoms with van der Waals surface area (Å²) < 4.78 is 0. The van der Waals surface area contributed by atoms with Crippen LogP contribution in [0.1, 0.15) is 25.0 Å². The molecular weight excluding hydrogens is 298 g/mol. The summed E-state index contributed by atoms with van der Waals surface area (Å²) in [5, 5.41) is 9.19. The fraction of sp³-hybridized carbons (Fsp3) is 0.500. The number of pyridine rings is 1. The maximum Gasteiger partial charge on any atom is 0.326 e. The van der Waals surface area contributed by atoms with Gasteiger partial charge in [-0.1, -0.05) is 6.07 Å². The molecule has 0 unspecified atom stereocenters. The largest absolute Gasteiger partial charge is 0.480 e. The molecule has 0 aromatic carbocycles. The van der Waals surface area contributed by atoms with Crippen molar-refractivity contribution >= 4 is 17.8 Å². The molecule has 2 atom stereocenters. The van der Waals surface area contributed by atoms with E-state index in [0.29, 0.717) is 32.5 Å². The summed E-state index contributed by atoms with van der Waals surface area (Å²) in [6.45, 7) is 1.17. The lowest BCUT2D eigenvalue weighted by atomic mass is 10.1. The lowest BCUT2D eigenvalue weighted by Gasteiger charge is -2.24. The second-order valence-corrected chi connectivity index (χ2v) is 6.02. The van der Waals surface area contributed by atoms with Crippen molar-refractivity contribution in [2.75, 3.05) is 13.1 Å². The van der Waals surface area contributed by atoms with Crippen LogP contribution in [-0.4, -0.2) is 56.8 Å². The van der Waals surface area contributed by atoms with Crippen molar-refractivity contribution in [2.45, 2.75) is 31.8 Å². The van der Waals surface area contributed by atoms with E-state index < -0.39 is 17.9 Å². The summed E-state index contributed by atoms with van der Waals surface area (Å²) in [7, 11) is 0. The molecule has 2 aliphatic heterocycles. The highest BCUT2D eigenvalue weighted by molar-refractivity contribution is 5.91. The van der Waals surface area contributed by atoms with Crippen molar-refractivity contribution in [2.24, 2.45) is 5.92 Å². The Kier molecular flexibility index (Phi) is 4.27. The Morgan fingerprint density at radius 2 is 2.17 bits per heavy atom. The number of likely N-dealkylation sites (tertiary alicyclic amines) is 2. The summed E-state index contributed by atoms with van der Waals surface area (Å²) in [6.07, 6.45) is 3.00. The number of carboxylic acids is 1. The van der Waals surface area contributed by atoms with Gasteiger partial charge in [0, 0.05) is 25.7 Å². The molecule has 23 heavy (non-hydrogen) atoms. The molecule has 2 amide bonds. The third-order valence-electron chi connectivity index (χ3n) is 4.46. The van der Waals surface area contributed by atoms with Gasteiger partial charge in [0.05, 0.1) is 18.2 Å². The van der Waals surface area contributed by atoms with E-state index in [-0.39, 0.29) is 18.2 Å². The van der Waals surface area contributed by atoms with E-state index in [9.17, 15) is 19.5 Å². The van der Waals surface area contributed by atoms with E-state index >= 15 is 0 Å². The Morgan fingerprint density at radius 3 is 2.87 bits per heavy atom. The molecule has 1 N–H and O–H groups in total. The standard InChI is InChI=1S/C16H19N3O4/c20-14-8-11(9-18(14)10-12-4-1-2-6-17-12)15(21)19-7-3-5-13(19)16(22)23/h1-2,4,6,11,13H,3,5,7-10H2,(H,22,23)/t11-,13-/m1/s1. The van der Waals surface area contributed by atoms with E-state index in [1.54, 1.807) is 17.2 Å². The number of carbonyl (C=O) groups excluding carboxylic acids is 2. The van der Waals surface area contributed by atoms with Crippen molar-refractivity contribution in [1.29, 1.82) is 0 Å². The molecular formula is C16H19N3O4. The molecule has 1 aromatic rings. The highest BCUT2D eigenvalue weighted by Crippen LogP contribution is 2.26. The van der Waals surface area contributed by atoms with Gasteiger partial charge >= 0.3 is 5.97 Å². The van der Waals surface area contributed by atoms with Crippen LogP contribution in [0.2, 0.25) is 0 Å². The number of aromatic nitrogens is 1. The van der Waals surface area contributed by atoms with Gasteiger partial charge in [-0.3, -0.25) is 14.6 Å². The van der Waals surface area contributed by atoms with Crippen LogP contribution in [-0.2, 0) is 20.9 Å². The highest BCUT2D eigenvalue weighted by atomic mass is 16.4. The second-order valence-electron chi connectivity index (χ2n) is 6.02. The van der Waals surface area contributed by atoms with Crippen LogP contribution < -0.4 is 0 Å². The number of hydrogen-bond acceptors (Lipinski definition) is 4. The van der Waals surface area contributed by atoms with Crippen LogP contribution in [0.4, 0.5) is 0 Å². The van der Waals surface area contributed by atoms with Crippen molar-refractivity contribution in [3.8, 4) is 0 Å². The van der Waals surface area contributed by atoms with Crippen molar-refractivity contribution in [3.05, 3.63) is 30.1 Å². The molecule has 0 bridgehead atoms. The van der Waals surface area contributed by atoms with Gasteiger partial charge in [-0.15, -0.1) is 0 Å². The number of carbonyl (C=O) groups is 3. The topological polar surface area (TPSA) is 90.8 Å². The van der Waals surface area contributed by atoms with Gasteiger partial charge in [-0.2, -0.15) is 0 Å². The summed E-state index contributed by atoms with van der Waals surface area (Å²) in [6, 6.07) is 4.75. The molecule has 2 saturated heterocycles. The Balaban J connectivity index is 1.65. The van der Waals surface area contributed by atoms with Crippen LogP contribution in [0.5, 0.6) is 0 Å². The first-order valence-electron chi connectivity index (χ1n) is 7.77. The fourth-order valence-corrected chi connectivity index (χ4v) is 3.30. The molecule has 7 heteroatoms. The van der Waals surface area contributed by atoms with E-state index in [4.69, 9.17) is 0 Å². The normalized spacial score (nSPS) is 24.3. The number of amides is 2. The van der Waals surface area contributed by atoms with Gasteiger partial charge in [0.25, 0.3) is 0 Å². The first-order valence-corrected chi connectivity index (χ1v) is 7.77. The minimum absolute atomic E-state index is 0.0833. The van der Waals surface area contributed by atoms with Crippen LogP contribution in [0.3, 0.4) is 0 Å². The summed E-state index contributed by atoms with van der Waals surface area (Å²) in [5.74, 6) is -1.72. The van der Waals surface area contributed by atoms with Crippen molar-refractivity contribution in [3.63, 3.8) is 0 Å². The van der Waals surface area contributed by atoms with Gasteiger partial charge in [0.1, 0.15) is 6.04 Å². The maximum atomic E-state index is 12.6. The van der Waals surface area contributed by atoms with E-state index in [1.165, 1.54) is 4.90 Å². The summed E-state index contributed by atoms with van der Waals surface area (Å²) in [5.41, 5.74) is 0.776. The van der Waals surface area contributed by atoms with Gasteiger partial charge < -0.3 is 14.9 Å². The second kappa shape index (κ2) is 6.36. The zero-order valence-electron chi connectivity index (χ0n) is 12.7. The zero-order chi connectivity index (χ0) is 16.4. The molecule has 2 fully saturated rings. The predicted molar refractivity (Wildman–Crippen MR) is 80.1 cm³/mol. The smallest absolute Gasteiger partial charge is 0.326 e. The van der Waals surface area contributed by atoms with Crippen molar-refractivity contribution in [1.82, 2.24) is 14.8 Å². The highest BCUT2D eigenvalue weighted by Gasteiger charge is 2.41. The molecule has 0 spiro atoms. The molecule has 0 saturated carbocycles. The lowest BCUT2D eigenvalue weighted by molar-refractivity contribution is -0.149.